The topological polar surface area (TPSA) is 21.3 Å². The van der Waals surface area contributed by atoms with Gasteiger partial charge in [-0.1, -0.05) is 31.2 Å². The van der Waals surface area contributed by atoms with Gasteiger partial charge < -0.3 is 10.1 Å². The second-order valence-electron chi connectivity index (χ2n) is 3.70. The minimum atomic E-state index is 0.435. The standard InChI is InChI=1S/C14H21NO/c1-4-6-11-16-13-9-7-12(8-10-13)14(5-2)15-3/h4,6-10,14-15H,5,11H2,1-3H3/b6-4+. The third kappa shape index (κ3) is 3.70. The van der Waals surface area contributed by atoms with Crippen molar-refractivity contribution in [2.45, 2.75) is 26.3 Å². The van der Waals surface area contributed by atoms with Crippen LogP contribution in [0.5, 0.6) is 5.75 Å². The summed E-state index contributed by atoms with van der Waals surface area (Å²) < 4.78 is 5.54. The van der Waals surface area contributed by atoms with Crippen LogP contribution in [0.15, 0.2) is 36.4 Å². The smallest absolute Gasteiger partial charge is 0.119 e. The first kappa shape index (κ1) is 12.8. The summed E-state index contributed by atoms with van der Waals surface area (Å²) in [6, 6.07) is 8.73. The molecule has 0 aromatic heterocycles. The van der Waals surface area contributed by atoms with Crippen molar-refractivity contribution >= 4 is 0 Å². The van der Waals surface area contributed by atoms with Gasteiger partial charge >= 0.3 is 0 Å². The molecule has 0 aliphatic heterocycles. The van der Waals surface area contributed by atoms with Gasteiger partial charge in [0.2, 0.25) is 0 Å². The number of allylic oxidation sites excluding steroid dienone is 1. The van der Waals surface area contributed by atoms with Gasteiger partial charge in [0, 0.05) is 6.04 Å². The molecule has 1 aromatic rings. The second kappa shape index (κ2) is 7.07. The summed E-state index contributed by atoms with van der Waals surface area (Å²) in [4.78, 5) is 0. The molecular formula is C14H21NO. The van der Waals surface area contributed by atoms with Crippen LogP contribution < -0.4 is 10.1 Å². The fourth-order valence-corrected chi connectivity index (χ4v) is 1.64. The molecule has 0 saturated carbocycles. The van der Waals surface area contributed by atoms with Gasteiger partial charge in [-0.3, -0.25) is 0 Å². The first-order valence-electron chi connectivity index (χ1n) is 5.83. The van der Waals surface area contributed by atoms with Crippen LogP contribution in [-0.4, -0.2) is 13.7 Å². The summed E-state index contributed by atoms with van der Waals surface area (Å²) in [7, 11) is 1.99. The second-order valence-corrected chi connectivity index (χ2v) is 3.70. The van der Waals surface area contributed by atoms with Crippen LogP contribution in [0.2, 0.25) is 0 Å². The van der Waals surface area contributed by atoms with Gasteiger partial charge in [-0.25, -0.2) is 0 Å². The summed E-state index contributed by atoms with van der Waals surface area (Å²) in [5, 5.41) is 3.29. The Morgan fingerprint density at radius 3 is 2.50 bits per heavy atom. The summed E-state index contributed by atoms with van der Waals surface area (Å²) >= 11 is 0. The van der Waals surface area contributed by atoms with Gasteiger partial charge in [0.15, 0.2) is 0 Å². The molecule has 1 N–H and O–H groups in total. The number of hydrogen-bond donors (Lipinski definition) is 1. The first-order valence-corrected chi connectivity index (χ1v) is 5.83. The highest BCUT2D eigenvalue weighted by Gasteiger charge is 2.05. The van der Waals surface area contributed by atoms with E-state index in [-0.39, 0.29) is 0 Å². The van der Waals surface area contributed by atoms with E-state index in [0.717, 1.165) is 12.2 Å². The zero-order chi connectivity index (χ0) is 11.8. The highest BCUT2D eigenvalue weighted by Crippen LogP contribution is 2.19. The fraction of sp³-hybridized carbons (Fsp3) is 0.429. The van der Waals surface area contributed by atoms with Gasteiger partial charge in [-0.2, -0.15) is 0 Å². The van der Waals surface area contributed by atoms with Crippen molar-refractivity contribution < 1.29 is 4.74 Å². The van der Waals surface area contributed by atoms with Crippen molar-refractivity contribution in [3.8, 4) is 5.75 Å². The Bertz CT molecular complexity index is 312. The van der Waals surface area contributed by atoms with Crippen molar-refractivity contribution in [1.29, 1.82) is 0 Å². The third-order valence-corrected chi connectivity index (χ3v) is 2.62. The molecule has 0 bridgehead atoms. The minimum Gasteiger partial charge on any atom is -0.490 e. The van der Waals surface area contributed by atoms with E-state index >= 15 is 0 Å². The Balaban J connectivity index is 2.59. The molecule has 0 aliphatic carbocycles. The van der Waals surface area contributed by atoms with Crippen LogP contribution in [0.25, 0.3) is 0 Å². The monoisotopic (exact) mass is 219 g/mol. The van der Waals surface area contributed by atoms with E-state index in [2.05, 4.69) is 24.4 Å². The molecule has 1 rings (SSSR count). The van der Waals surface area contributed by atoms with Crippen LogP contribution >= 0.6 is 0 Å². The van der Waals surface area contributed by atoms with Crippen LogP contribution in [0, 0.1) is 0 Å². The van der Waals surface area contributed by atoms with E-state index in [9.17, 15) is 0 Å². The highest BCUT2D eigenvalue weighted by atomic mass is 16.5. The van der Waals surface area contributed by atoms with Gasteiger partial charge in [0.05, 0.1) is 0 Å². The Morgan fingerprint density at radius 2 is 2.00 bits per heavy atom. The van der Waals surface area contributed by atoms with Crippen molar-refractivity contribution in [1.82, 2.24) is 5.32 Å². The van der Waals surface area contributed by atoms with Gasteiger partial charge in [-0.15, -0.1) is 0 Å². The molecule has 0 radical (unpaired) electrons. The Labute approximate surface area is 98.3 Å². The van der Waals surface area contributed by atoms with Gasteiger partial charge in [0.1, 0.15) is 12.4 Å². The largest absolute Gasteiger partial charge is 0.490 e. The zero-order valence-corrected chi connectivity index (χ0v) is 10.4. The molecule has 0 saturated heterocycles. The molecule has 0 spiro atoms. The number of benzene rings is 1. The molecule has 1 aromatic carbocycles. The molecule has 2 nitrogen and oxygen atoms in total. The molecule has 0 amide bonds. The molecule has 1 unspecified atom stereocenters. The molecule has 0 heterocycles. The molecule has 2 heteroatoms. The lowest BCUT2D eigenvalue weighted by molar-refractivity contribution is 0.362. The maximum Gasteiger partial charge on any atom is 0.119 e. The molecule has 16 heavy (non-hydrogen) atoms. The van der Waals surface area contributed by atoms with E-state index in [4.69, 9.17) is 4.74 Å². The van der Waals surface area contributed by atoms with Gasteiger partial charge in [-0.05, 0) is 38.1 Å². The van der Waals surface area contributed by atoms with Crippen LogP contribution in [-0.2, 0) is 0 Å². The van der Waals surface area contributed by atoms with Crippen molar-refractivity contribution in [3.05, 3.63) is 42.0 Å². The van der Waals surface area contributed by atoms with E-state index in [1.165, 1.54) is 5.56 Å². The van der Waals surface area contributed by atoms with E-state index in [1.807, 2.05) is 38.3 Å². The maximum absolute atomic E-state index is 5.54. The van der Waals surface area contributed by atoms with Crippen LogP contribution in [0.1, 0.15) is 31.9 Å². The molecule has 0 aliphatic rings. The Kier molecular flexibility index (Phi) is 5.65. The van der Waals surface area contributed by atoms with E-state index in [1.54, 1.807) is 0 Å². The van der Waals surface area contributed by atoms with Crippen LogP contribution in [0.4, 0.5) is 0 Å². The Hall–Kier alpha value is -1.28. The summed E-state index contributed by atoms with van der Waals surface area (Å²) in [5.41, 5.74) is 1.31. The summed E-state index contributed by atoms with van der Waals surface area (Å²) in [5.74, 6) is 0.924. The predicted octanol–water partition coefficient (Wildman–Crippen LogP) is 3.31. The Morgan fingerprint density at radius 1 is 1.31 bits per heavy atom. The molecule has 0 fully saturated rings. The lowest BCUT2D eigenvalue weighted by Gasteiger charge is -2.14. The van der Waals surface area contributed by atoms with E-state index in [0.29, 0.717) is 12.6 Å². The highest BCUT2D eigenvalue weighted by molar-refractivity contribution is 5.29. The third-order valence-electron chi connectivity index (χ3n) is 2.62. The van der Waals surface area contributed by atoms with E-state index < -0.39 is 0 Å². The minimum absolute atomic E-state index is 0.435. The maximum atomic E-state index is 5.54. The van der Waals surface area contributed by atoms with Crippen molar-refractivity contribution in [2.24, 2.45) is 0 Å². The first-order chi connectivity index (χ1) is 7.81. The lowest BCUT2D eigenvalue weighted by atomic mass is 10.1. The quantitative estimate of drug-likeness (QED) is 0.741. The van der Waals surface area contributed by atoms with Crippen molar-refractivity contribution in [2.75, 3.05) is 13.7 Å². The summed E-state index contributed by atoms with van der Waals surface area (Å²) in [6.07, 6.45) is 5.08. The average molecular weight is 219 g/mol. The molecule has 1 atom stereocenters. The average Bonchev–Trinajstić information content (AvgIpc) is 2.33. The number of hydrogen-bond acceptors (Lipinski definition) is 2. The normalized spacial score (nSPS) is 12.9. The summed E-state index contributed by atoms with van der Waals surface area (Å²) in [6.45, 7) is 4.81. The number of ether oxygens (including phenoxy) is 1. The molecule has 88 valence electrons. The number of nitrogens with one attached hydrogen (secondary N) is 1. The van der Waals surface area contributed by atoms with Crippen LogP contribution in [0.3, 0.4) is 0 Å². The number of rotatable bonds is 6. The predicted molar refractivity (Wildman–Crippen MR) is 68.8 cm³/mol. The van der Waals surface area contributed by atoms with Crippen molar-refractivity contribution in [3.63, 3.8) is 0 Å². The fourth-order valence-electron chi connectivity index (χ4n) is 1.64. The SMILES string of the molecule is C/C=C/COc1ccc(C(CC)NC)cc1. The zero-order valence-electron chi connectivity index (χ0n) is 10.4. The van der Waals surface area contributed by atoms with Gasteiger partial charge in [0.25, 0.3) is 0 Å². The molecular weight excluding hydrogens is 198 g/mol. The lowest BCUT2D eigenvalue weighted by Crippen LogP contribution is -2.14.